The van der Waals surface area contributed by atoms with Crippen molar-refractivity contribution in [1.82, 2.24) is 9.78 Å². The Labute approximate surface area is 109 Å². The average molecular weight is 259 g/mol. The fourth-order valence-electron chi connectivity index (χ4n) is 2.13. The van der Waals surface area contributed by atoms with Gasteiger partial charge in [0.2, 0.25) is 0 Å². The van der Waals surface area contributed by atoms with Gasteiger partial charge >= 0.3 is 0 Å². The van der Waals surface area contributed by atoms with Gasteiger partial charge in [-0.05, 0) is 26.7 Å². The molecular formula is C13H23ClN2O. The topological polar surface area (TPSA) is 27.1 Å². The number of methoxy groups -OCH3 is 1. The lowest BCUT2D eigenvalue weighted by molar-refractivity contribution is 0.0989. The van der Waals surface area contributed by atoms with Crippen molar-refractivity contribution in [2.45, 2.75) is 58.6 Å². The van der Waals surface area contributed by atoms with Gasteiger partial charge in [0, 0.05) is 18.4 Å². The third-order valence-electron chi connectivity index (χ3n) is 3.07. The van der Waals surface area contributed by atoms with E-state index in [-0.39, 0.29) is 11.5 Å². The van der Waals surface area contributed by atoms with Crippen molar-refractivity contribution >= 4 is 11.6 Å². The van der Waals surface area contributed by atoms with E-state index in [2.05, 4.69) is 30.6 Å². The molecule has 0 aliphatic rings. The average Bonchev–Trinajstić information content (AvgIpc) is 2.66. The fourth-order valence-corrected chi connectivity index (χ4v) is 2.38. The monoisotopic (exact) mass is 258 g/mol. The fraction of sp³-hybridized carbons (Fsp3) is 0.769. The highest BCUT2D eigenvalue weighted by molar-refractivity contribution is 6.20. The Morgan fingerprint density at radius 2 is 1.94 bits per heavy atom. The number of ether oxygens (including phenoxy) is 1. The summed E-state index contributed by atoms with van der Waals surface area (Å²) in [4.78, 5) is 0. The van der Waals surface area contributed by atoms with E-state index in [0.717, 1.165) is 25.1 Å². The van der Waals surface area contributed by atoms with E-state index in [9.17, 15) is 0 Å². The molecule has 0 aliphatic carbocycles. The van der Waals surface area contributed by atoms with Crippen LogP contribution in [0.3, 0.4) is 0 Å². The van der Waals surface area contributed by atoms with Crippen LogP contribution in [0.25, 0.3) is 0 Å². The van der Waals surface area contributed by atoms with E-state index in [1.54, 1.807) is 7.11 Å². The van der Waals surface area contributed by atoms with Crippen LogP contribution >= 0.6 is 11.6 Å². The predicted molar refractivity (Wildman–Crippen MR) is 71.7 cm³/mol. The first kappa shape index (κ1) is 14.5. The van der Waals surface area contributed by atoms with Crippen LogP contribution < -0.4 is 0 Å². The molecule has 0 spiro atoms. The van der Waals surface area contributed by atoms with Gasteiger partial charge < -0.3 is 4.74 Å². The van der Waals surface area contributed by atoms with E-state index in [1.165, 1.54) is 11.3 Å². The molecule has 0 fully saturated rings. The van der Waals surface area contributed by atoms with Crippen molar-refractivity contribution in [3.05, 3.63) is 17.0 Å². The Balaban J connectivity index is 3.13. The Morgan fingerprint density at radius 1 is 1.29 bits per heavy atom. The lowest BCUT2D eigenvalue weighted by Gasteiger charge is -2.13. The molecule has 1 aromatic heterocycles. The third-order valence-corrected chi connectivity index (χ3v) is 3.29. The summed E-state index contributed by atoms with van der Waals surface area (Å²) in [6, 6.07) is 0. The summed E-state index contributed by atoms with van der Waals surface area (Å²) in [5.74, 6) is 0. The summed E-state index contributed by atoms with van der Waals surface area (Å²) < 4.78 is 7.36. The molecule has 4 heteroatoms. The van der Waals surface area contributed by atoms with Crippen molar-refractivity contribution in [3.8, 4) is 0 Å². The van der Waals surface area contributed by atoms with Crippen LogP contribution in [0, 0.1) is 0 Å². The molecule has 17 heavy (non-hydrogen) atoms. The molecule has 1 aromatic rings. The van der Waals surface area contributed by atoms with Crippen molar-refractivity contribution in [2.24, 2.45) is 0 Å². The van der Waals surface area contributed by atoms with E-state index < -0.39 is 0 Å². The number of hydrogen-bond acceptors (Lipinski definition) is 2. The zero-order chi connectivity index (χ0) is 13.0. The first-order valence-electron chi connectivity index (χ1n) is 6.30. The number of hydrogen-bond donors (Lipinski definition) is 0. The first-order chi connectivity index (χ1) is 8.04. The zero-order valence-electron chi connectivity index (χ0n) is 11.5. The minimum atomic E-state index is 0.0199. The molecule has 0 radical (unpaired) electrons. The van der Waals surface area contributed by atoms with Crippen molar-refractivity contribution in [3.63, 3.8) is 0 Å². The Hall–Kier alpha value is -0.540. The summed E-state index contributed by atoms with van der Waals surface area (Å²) >= 11 is 6.27. The molecule has 0 aromatic carbocycles. The number of nitrogens with zero attached hydrogens (tertiary/aromatic N) is 2. The van der Waals surface area contributed by atoms with Crippen LogP contribution in [-0.2, 0) is 24.1 Å². The largest absolute Gasteiger partial charge is 0.380 e. The molecule has 0 aliphatic heterocycles. The van der Waals surface area contributed by atoms with Gasteiger partial charge in [-0.25, -0.2) is 0 Å². The summed E-state index contributed by atoms with van der Waals surface area (Å²) in [6.45, 7) is 9.12. The lowest BCUT2D eigenvalue weighted by Crippen LogP contribution is -2.17. The highest BCUT2D eigenvalue weighted by Crippen LogP contribution is 2.28. The molecule has 98 valence electrons. The summed E-state index contributed by atoms with van der Waals surface area (Å²) in [7, 11) is 1.73. The number of aromatic nitrogens is 2. The Bertz CT molecular complexity index is 361. The minimum Gasteiger partial charge on any atom is -0.380 e. The van der Waals surface area contributed by atoms with E-state index in [1.807, 2.05) is 6.92 Å². The van der Waals surface area contributed by atoms with Crippen molar-refractivity contribution in [2.75, 3.05) is 7.11 Å². The van der Waals surface area contributed by atoms with Crippen LogP contribution in [0.1, 0.15) is 50.0 Å². The molecule has 2 unspecified atom stereocenters. The van der Waals surface area contributed by atoms with Gasteiger partial charge in [-0.15, -0.1) is 11.6 Å². The molecule has 0 bridgehead atoms. The van der Waals surface area contributed by atoms with Crippen molar-refractivity contribution < 1.29 is 4.74 Å². The van der Waals surface area contributed by atoms with Crippen LogP contribution in [-0.4, -0.2) is 23.0 Å². The standard InChI is InChI=1S/C13H23ClN2O/c1-6-11-13(10(4)14)12(7-2)16(15-11)8-9(3)17-5/h9-10H,6-8H2,1-5H3. The summed E-state index contributed by atoms with van der Waals surface area (Å²) in [6.07, 6.45) is 2.05. The second-order valence-corrected chi connectivity index (χ2v) is 5.01. The molecular weight excluding hydrogens is 236 g/mol. The normalized spacial score (nSPS) is 14.9. The first-order valence-corrected chi connectivity index (χ1v) is 6.73. The maximum absolute atomic E-state index is 6.27. The van der Waals surface area contributed by atoms with Gasteiger partial charge in [0.1, 0.15) is 0 Å². The smallest absolute Gasteiger partial charge is 0.0739 e. The van der Waals surface area contributed by atoms with E-state index >= 15 is 0 Å². The Kier molecular flexibility index (Phi) is 5.47. The summed E-state index contributed by atoms with van der Waals surface area (Å²) in [5, 5.41) is 4.68. The van der Waals surface area contributed by atoms with Gasteiger partial charge in [-0.2, -0.15) is 5.10 Å². The van der Waals surface area contributed by atoms with Crippen LogP contribution in [0.15, 0.2) is 0 Å². The molecule has 3 nitrogen and oxygen atoms in total. The maximum atomic E-state index is 6.27. The number of alkyl halides is 1. The molecule has 1 rings (SSSR count). The SMILES string of the molecule is CCc1nn(CC(C)OC)c(CC)c1C(C)Cl. The van der Waals surface area contributed by atoms with Crippen LogP contribution in [0.4, 0.5) is 0 Å². The molecule has 2 atom stereocenters. The van der Waals surface area contributed by atoms with Crippen LogP contribution in [0.2, 0.25) is 0 Å². The van der Waals surface area contributed by atoms with Crippen molar-refractivity contribution in [1.29, 1.82) is 0 Å². The molecule has 1 heterocycles. The molecule has 0 amide bonds. The predicted octanol–water partition coefficient (Wildman–Crippen LogP) is 3.34. The van der Waals surface area contributed by atoms with E-state index in [4.69, 9.17) is 16.3 Å². The number of rotatable bonds is 6. The third kappa shape index (κ3) is 3.23. The zero-order valence-corrected chi connectivity index (χ0v) is 12.2. The van der Waals surface area contributed by atoms with Gasteiger partial charge in [0.15, 0.2) is 0 Å². The second-order valence-electron chi connectivity index (χ2n) is 4.36. The van der Waals surface area contributed by atoms with Crippen LogP contribution in [0.5, 0.6) is 0 Å². The molecule has 0 N–H and O–H groups in total. The molecule has 0 saturated carbocycles. The number of aryl methyl sites for hydroxylation is 1. The Morgan fingerprint density at radius 3 is 2.35 bits per heavy atom. The quantitative estimate of drug-likeness (QED) is 0.732. The van der Waals surface area contributed by atoms with Gasteiger partial charge in [0.25, 0.3) is 0 Å². The van der Waals surface area contributed by atoms with Gasteiger partial charge in [0.05, 0.1) is 23.7 Å². The van der Waals surface area contributed by atoms with Gasteiger partial charge in [-0.1, -0.05) is 13.8 Å². The second kappa shape index (κ2) is 6.41. The lowest BCUT2D eigenvalue weighted by atomic mass is 10.1. The minimum absolute atomic E-state index is 0.0199. The molecule has 0 saturated heterocycles. The highest BCUT2D eigenvalue weighted by atomic mass is 35.5. The number of halogens is 1. The highest BCUT2D eigenvalue weighted by Gasteiger charge is 2.19. The van der Waals surface area contributed by atoms with E-state index in [0.29, 0.717) is 0 Å². The maximum Gasteiger partial charge on any atom is 0.0739 e. The summed E-state index contributed by atoms with van der Waals surface area (Å²) in [5.41, 5.74) is 3.57. The van der Waals surface area contributed by atoms with Gasteiger partial charge in [-0.3, -0.25) is 4.68 Å².